The smallest absolute Gasteiger partial charge is 0.256 e. The van der Waals surface area contributed by atoms with E-state index in [1.165, 1.54) is 0 Å². The third-order valence-electron chi connectivity index (χ3n) is 4.02. The lowest BCUT2D eigenvalue weighted by atomic mass is 10.0. The van der Waals surface area contributed by atoms with Crippen molar-refractivity contribution in [1.29, 1.82) is 0 Å². The van der Waals surface area contributed by atoms with Gasteiger partial charge in [-0.15, -0.1) is 0 Å². The highest BCUT2D eigenvalue weighted by molar-refractivity contribution is 6.35. The molecule has 0 spiro atoms. The van der Waals surface area contributed by atoms with Gasteiger partial charge in [0.2, 0.25) is 0 Å². The summed E-state index contributed by atoms with van der Waals surface area (Å²) in [5, 5.41) is 3.97. The van der Waals surface area contributed by atoms with E-state index in [0.29, 0.717) is 12.1 Å². The molecule has 2 aromatic carbocycles. The third-order valence-corrected chi connectivity index (χ3v) is 4.02. The summed E-state index contributed by atoms with van der Waals surface area (Å²) < 4.78 is 0. The van der Waals surface area contributed by atoms with Crippen molar-refractivity contribution in [3.63, 3.8) is 0 Å². The molecule has 0 unspecified atom stereocenters. The van der Waals surface area contributed by atoms with Gasteiger partial charge in [0.1, 0.15) is 0 Å². The van der Waals surface area contributed by atoms with Gasteiger partial charge in [0.05, 0.1) is 0 Å². The predicted molar refractivity (Wildman–Crippen MR) is 89.1 cm³/mol. The fourth-order valence-electron chi connectivity index (χ4n) is 2.87. The van der Waals surface area contributed by atoms with Crippen molar-refractivity contribution in [2.75, 3.05) is 5.32 Å². The van der Waals surface area contributed by atoms with Gasteiger partial charge in [-0.05, 0) is 29.8 Å². The normalized spacial score (nSPS) is 15.3. The molecule has 4 heteroatoms. The van der Waals surface area contributed by atoms with E-state index >= 15 is 0 Å². The Kier molecular flexibility index (Phi) is 2.84. The zero-order valence-corrected chi connectivity index (χ0v) is 11.9. The van der Waals surface area contributed by atoms with Crippen molar-refractivity contribution in [2.24, 2.45) is 5.73 Å². The highest BCUT2D eigenvalue weighted by Gasteiger charge is 2.23. The number of H-pyrrole nitrogens is 1. The SMILES string of the molecule is NCc1ccc2[nH]cc(/C=C3/C(=O)Nc4ccccc43)c2c1. The number of hydrogen-bond acceptors (Lipinski definition) is 2. The first kappa shape index (κ1) is 12.9. The highest BCUT2D eigenvalue weighted by Crippen LogP contribution is 2.34. The van der Waals surface area contributed by atoms with E-state index in [1.54, 1.807) is 0 Å². The molecular weight excluding hydrogens is 274 g/mol. The molecule has 2 heterocycles. The number of nitrogens with two attached hydrogens (primary N) is 1. The number of aromatic amines is 1. The molecule has 0 aliphatic carbocycles. The Balaban J connectivity index is 1.88. The standard InChI is InChI=1S/C18H15N3O/c19-9-11-5-6-16-14(7-11)12(10-20-16)8-15-13-3-1-2-4-17(13)21-18(15)22/h1-8,10,20H,9,19H2,(H,21,22)/b15-8+. The molecule has 0 bridgehead atoms. The summed E-state index contributed by atoms with van der Waals surface area (Å²) in [6, 6.07) is 13.8. The lowest BCUT2D eigenvalue weighted by Gasteiger charge is -1.99. The van der Waals surface area contributed by atoms with Crippen LogP contribution in [0, 0.1) is 0 Å². The number of benzene rings is 2. The number of carbonyl (C=O) groups is 1. The lowest BCUT2D eigenvalue weighted by Crippen LogP contribution is -2.03. The number of rotatable bonds is 2. The summed E-state index contributed by atoms with van der Waals surface area (Å²) >= 11 is 0. The number of nitrogens with one attached hydrogen (secondary N) is 2. The van der Waals surface area contributed by atoms with Crippen molar-refractivity contribution in [2.45, 2.75) is 6.54 Å². The molecule has 0 radical (unpaired) electrons. The lowest BCUT2D eigenvalue weighted by molar-refractivity contribution is -0.110. The minimum Gasteiger partial charge on any atom is -0.361 e. The Morgan fingerprint density at radius 1 is 1.14 bits per heavy atom. The Bertz CT molecular complexity index is 921. The maximum absolute atomic E-state index is 12.2. The van der Waals surface area contributed by atoms with Crippen molar-refractivity contribution >= 4 is 34.1 Å². The van der Waals surface area contributed by atoms with E-state index in [9.17, 15) is 4.79 Å². The van der Waals surface area contributed by atoms with E-state index < -0.39 is 0 Å². The number of hydrogen-bond donors (Lipinski definition) is 3. The molecular formula is C18H15N3O. The van der Waals surface area contributed by atoms with Crippen LogP contribution >= 0.6 is 0 Å². The number of para-hydroxylation sites is 1. The van der Waals surface area contributed by atoms with E-state index in [0.717, 1.165) is 33.3 Å². The van der Waals surface area contributed by atoms with Gasteiger partial charge in [0.25, 0.3) is 5.91 Å². The second-order valence-corrected chi connectivity index (χ2v) is 5.39. The van der Waals surface area contributed by atoms with E-state index in [1.807, 2.05) is 48.7 Å². The van der Waals surface area contributed by atoms with Crippen LogP contribution in [0.4, 0.5) is 5.69 Å². The molecule has 4 nitrogen and oxygen atoms in total. The van der Waals surface area contributed by atoms with Gasteiger partial charge in [-0.2, -0.15) is 0 Å². The zero-order valence-electron chi connectivity index (χ0n) is 11.9. The van der Waals surface area contributed by atoms with Gasteiger partial charge in [-0.25, -0.2) is 0 Å². The quantitative estimate of drug-likeness (QED) is 0.634. The van der Waals surface area contributed by atoms with E-state index in [-0.39, 0.29) is 5.91 Å². The molecule has 4 N–H and O–H groups in total. The molecule has 0 atom stereocenters. The predicted octanol–water partition coefficient (Wildman–Crippen LogP) is 3.12. The van der Waals surface area contributed by atoms with Crippen LogP contribution in [0.1, 0.15) is 16.7 Å². The highest BCUT2D eigenvalue weighted by atomic mass is 16.2. The monoisotopic (exact) mass is 289 g/mol. The van der Waals surface area contributed by atoms with Gasteiger partial charge in [0, 0.05) is 46.0 Å². The van der Waals surface area contributed by atoms with Crippen LogP contribution in [0.15, 0.2) is 48.7 Å². The molecule has 0 saturated heterocycles. The van der Waals surface area contributed by atoms with Crippen LogP contribution in [0.25, 0.3) is 22.6 Å². The number of fused-ring (bicyclic) bond motifs is 2. The second kappa shape index (κ2) is 4.86. The van der Waals surface area contributed by atoms with E-state index in [2.05, 4.69) is 16.4 Å². The van der Waals surface area contributed by atoms with Crippen molar-refractivity contribution in [3.05, 3.63) is 65.4 Å². The molecule has 1 aliphatic rings. The maximum atomic E-state index is 12.2. The molecule has 0 fully saturated rings. The molecule has 108 valence electrons. The molecule has 4 rings (SSSR count). The number of aromatic nitrogens is 1. The van der Waals surface area contributed by atoms with Crippen molar-refractivity contribution in [3.8, 4) is 0 Å². The van der Waals surface area contributed by atoms with Gasteiger partial charge in [0.15, 0.2) is 0 Å². The van der Waals surface area contributed by atoms with Gasteiger partial charge >= 0.3 is 0 Å². The minimum atomic E-state index is -0.0643. The number of amides is 1. The van der Waals surface area contributed by atoms with E-state index in [4.69, 9.17) is 5.73 Å². The Morgan fingerprint density at radius 3 is 2.86 bits per heavy atom. The summed E-state index contributed by atoms with van der Waals surface area (Å²) in [6.07, 6.45) is 3.85. The Hall–Kier alpha value is -2.85. The largest absolute Gasteiger partial charge is 0.361 e. The van der Waals surface area contributed by atoms with Crippen LogP contribution in [-0.2, 0) is 11.3 Å². The Morgan fingerprint density at radius 2 is 2.00 bits per heavy atom. The van der Waals surface area contributed by atoms with Crippen LogP contribution in [0.2, 0.25) is 0 Å². The molecule has 1 aromatic heterocycles. The topological polar surface area (TPSA) is 70.9 Å². The summed E-state index contributed by atoms with van der Waals surface area (Å²) in [7, 11) is 0. The Labute approximate surface area is 127 Å². The van der Waals surface area contributed by atoms with Gasteiger partial charge in [-0.3, -0.25) is 4.79 Å². The first-order valence-corrected chi connectivity index (χ1v) is 7.19. The number of carbonyl (C=O) groups excluding carboxylic acids is 1. The summed E-state index contributed by atoms with van der Waals surface area (Å²) in [6.45, 7) is 0.500. The average Bonchev–Trinajstić information content (AvgIpc) is 3.09. The van der Waals surface area contributed by atoms with Gasteiger partial charge < -0.3 is 16.0 Å². The zero-order chi connectivity index (χ0) is 15.1. The maximum Gasteiger partial charge on any atom is 0.256 e. The first-order valence-electron chi connectivity index (χ1n) is 7.19. The molecule has 3 aromatic rings. The van der Waals surface area contributed by atoms with Crippen molar-refractivity contribution in [1.82, 2.24) is 4.98 Å². The van der Waals surface area contributed by atoms with Crippen LogP contribution < -0.4 is 11.1 Å². The van der Waals surface area contributed by atoms with Crippen molar-refractivity contribution < 1.29 is 4.79 Å². The number of anilines is 1. The first-order chi connectivity index (χ1) is 10.8. The second-order valence-electron chi connectivity index (χ2n) is 5.39. The minimum absolute atomic E-state index is 0.0643. The molecule has 0 saturated carbocycles. The van der Waals surface area contributed by atoms with Crippen LogP contribution in [-0.4, -0.2) is 10.9 Å². The molecule has 22 heavy (non-hydrogen) atoms. The summed E-state index contributed by atoms with van der Waals surface area (Å²) in [5.74, 6) is -0.0643. The fourth-order valence-corrected chi connectivity index (χ4v) is 2.87. The van der Waals surface area contributed by atoms with Gasteiger partial charge in [-0.1, -0.05) is 24.3 Å². The average molecular weight is 289 g/mol. The van der Waals surface area contributed by atoms with Crippen LogP contribution in [0.3, 0.4) is 0 Å². The molecule has 1 amide bonds. The summed E-state index contributed by atoms with van der Waals surface area (Å²) in [5.41, 5.74) is 11.3. The third kappa shape index (κ3) is 1.93. The fraction of sp³-hybridized carbons (Fsp3) is 0.0556. The van der Waals surface area contributed by atoms with Crippen LogP contribution in [0.5, 0.6) is 0 Å². The molecule has 1 aliphatic heterocycles. The summed E-state index contributed by atoms with van der Waals surface area (Å²) in [4.78, 5) is 15.4.